The lowest BCUT2D eigenvalue weighted by molar-refractivity contribution is 0.434. The van der Waals surface area contributed by atoms with Crippen molar-refractivity contribution < 1.29 is 0 Å². The standard InChI is InChI=1S/C14H22N2/c1-15(2)11-14(12-16(3)4)10-13-8-6-5-7-9-13/h5-9,11H,10,12H2,1-4H3/b14-11-. The predicted octanol–water partition coefficient (Wildman–Crippen LogP) is 2.24. The summed E-state index contributed by atoms with van der Waals surface area (Å²) in [5.41, 5.74) is 2.80. The molecule has 0 aliphatic carbocycles. The van der Waals surface area contributed by atoms with Crippen LogP contribution in [-0.4, -0.2) is 44.5 Å². The van der Waals surface area contributed by atoms with Crippen LogP contribution in [0, 0.1) is 0 Å². The van der Waals surface area contributed by atoms with E-state index in [1.165, 1.54) is 11.1 Å². The first-order valence-electron chi connectivity index (χ1n) is 5.62. The maximum absolute atomic E-state index is 2.22. The van der Waals surface area contributed by atoms with Crippen molar-refractivity contribution >= 4 is 0 Å². The SMILES string of the molecule is CN(C)/C=C(/Cc1ccccc1)CN(C)C. The van der Waals surface area contributed by atoms with E-state index in [0.29, 0.717) is 0 Å². The van der Waals surface area contributed by atoms with Gasteiger partial charge in [0, 0.05) is 20.6 Å². The van der Waals surface area contributed by atoms with Crippen LogP contribution in [0.5, 0.6) is 0 Å². The van der Waals surface area contributed by atoms with Gasteiger partial charge in [-0.15, -0.1) is 0 Å². The Hall–Kier alpha value is -1.28. The Morgan fingerprint density at radius 2 is 1.69 bits per heavy atom. The van der Waals surface area contributed by atoms with Gasteiger partial charge in [0.15, 0.2) is 0 Å². The number of hydrogen-bond donors (Lipinski definition) is 0. The lowest BCUT2D eigenvalue weighted by atomic mass is 10.1. The molecule has 0 bridgehead atoms. The zero-order chi connectivity index (χ0) is 12.0. The molecule has 0 spiro atoms. The Labute approximate surface area is 99.2 Å². The molecule has 0 aliphatic heterocycles. The summed E-state index contributed by atoms with van der Waals surface area (Å²) < 4.78 is 0. The van der Waals surface area contributed by atoms with Crippen LogP contribution < -0.4 is 0 Å². The Kier molecular flexibility index (Phi) is 5.06. The van der Waals surface area contributed by atoms with Gasteiger partial charge in [0.05, 0.1) is 0 Å². The second-order valence-electron chi connectivity index (χ2n) is 4.65. The maximum atomic E-state index is 2.22. The molecule has 0 atom stereocenters. The van der Waals surface area contributed by atoms with E-state index in [0.717, 1.165) is 13.0 Å². The molecule has 0 saturated heterocycles. The molecule has 2 heteroatoms. The molecule has 0 aromatic heterocycles. The van der Waals surface area contributed by atoms with Crippen LogP contribution in [0.15, 0.2) is 42.1 Å². The van der Waals surface area contributed by atoms with E-state index in [-0.39, 0.29) is 0 Å². The average molecular weight is 218 g/mol. The molecule has 88 valence electrons. The zero-order valence-electron chi connectivity index (χ0n) is 10.8. The minimum Gasteiger partial charge on any atom is -0.383 e. The van der Waals surface area contributed by atoms with Crippen molar-refractivity contribution in [2.75, 3.05) is 34.7 Å². The summed E-state index contributed by atoms with van der Waals surface area (Å²) in [6.07, 6.45) is 3.24. The quantitative estimate of drug-likeness (QED) is 0.748. The van der Waals surface area contributed by atoms with Crippen LogP contribution in [0.3, 0.4) is 0 Å². The molecule has 0 heterocycles. The van der Waals surface area contributed by atoms with Gasteiger partial charge in [-0.25, -0.2) is 0 Å². The molecule has 0 aliphatic rings. The number of likely N-dealkylation sites (N-methyl/N-ethyl adjacent to an activating group) is 1. The third-order valence-electron chi connectivity index (χ3n) is 2.23. The van der Waals surface area contributed by atoms with Crippen LogP contribution in [0.2, 0.25) is 0 Å². The highest BCUT2D eigenvalue weighted by Gasteiger charge is 2.02. The van der Waals surface area contributed by atoms with E-state index in [1.54, 1.807) is 0 Å². The number of hydrogen-bond acceptors (Lipinski definition) is 2. The van der Waals surface area contributed by atoms with E-state index in [2.05, 4.69) is 74.5 Å². The predicted molar refractivity (Wildman–Crippen MR) is 70.5 cm³/mol. The van der Waals surface area contributed by atoms with Gasteiger partial charge in [-0.2, -0.15) is 0 Å². The fraction of sp³-hybridized carbons (Fsp3) is 0.429. The molecule has 0 radical (unpaired) electrons. The summed E-state index contributed by atoms with van der Waals surface area (Å²) >= 11 is 0. The van der Waals surface area contributed by atoms with Gasteiger partial charge in [-0.1, -0.05) is 30.3 Å². The summed E-state index contributed by atoms with van der Waals surface area (Å²) in [4.78, 5) is 4.32. The topological polar surface area (TPSA) is 6.48 Å². The number of rotatable bonds is 5. The van der Waals surface area contributed by atoms with Crippen molar-refractivity contribution in [1.82, 2.24) is 9.80 Å². The summed E-state index contributed by atoms with van der Waals surface area (Å²) in [5.74, 6) is 0. The average Bonchev–Trinajstić information content (AvgIpc) is 2.16. The molecule has 1 aromatic carbocycles. The fourth-order valence-electron chi connectivity index (χ4n) is 1.77. The van der Waals surface area contributed by atoms with Crippen molar-refractivity contribution in [3.63, 3.8) is 0 Å². The molecule has 0 unspecified atom stereocenters. The highest BCUT2D eigenvalue weighted by Crippen LogP contribution is 2.09. The molecule has 16 heavy (non-hydrogen) atoms. The Morgan fingerprint density at radius 3 is 2.19 bits per heavy atom. The molecule has 2 nitrogen and oxygen atoms in total. The molecular weight excluding hydrogens is 196 g/mol. The van der Waals surface area contributed by atoms with Crippen LogP contribution >= 0.6 is 0 Å². The van der Waals surface area contributed by atoms with Gasteiger partial charge in [-0.3, -0.25) is 0 Å². The third-order valence-corrected chi connectivity index (χ3v) is 2.23. The summed E-state index contributed by atoms with van der Waals surface area (Å²) in [6.45, 7) is 1.01. The molecular formula is C14H22N2. The second-order valence-corrected chi connectivity index (χ2v) is 4.65. The highest BCUT2D eigenvalue weighted by molar-refractivity contribution is 5.22. The number of benzene rings is 1. The summed E-state index contributed by atoms with van der Waals surface area (Å²) in [5, 5.41) is 0. The molecule has 0 saturated carbocycles. The Bertz CT molecular complexity index is 326. The van der Waals surface area contributed by atoms with E-state index in [4.69, 9.17) is 0 Å². The van der Waals surface area contributed by atoms with Gasteiger partial charge in [0.1, 0.15) is 0 Å². The van der Waals surface area contributed by atoms with E-state index < -0.39 is 0 Å². The van der Waals surface area contributed by atoms with Gasteiger partial charge >= 0.3 is 0 Å². The van der Waals surface area contributed by atoms with Crippen molar-refractivity contribution in [3.8, 4) is 0 Å². The van der Waals surface area contributed by atoms with Gasteiger partial charge in [0.2, 0.25) is 0 Å². The van der Waals surface area contributed by atoms with Crippen molar-refractivity contribution in [2.45, 2.75) is 6.42 Å². The van der Waals surface area contributed by atoms with E-state index in [1.807, 2.05) is 0 Å². The number of nitrogens with zero attached hydrogens (tertiary/aromatic N) is 2. The van der Waals surface area contributed by atoms with Crippen LogP contribution in [0.25, 0.3) is 0 Å². The molecule has 0 amide bonds. The highest BCUT2D eigenvalue weighted by atomic mass is 15.1. The first-order chi connectivity index (χ1) is 7.58. The van der Waals surface area contributed by atoms with Crippen molar-refractivity contribution in [1.29, 1.82) is 0 Å². The minimum absolute atomic E-state index is 1.01. The molecule has 1 aromatic rings. The summed E-state index contributed by atoms with van der Waals surface area (Å²) in [6, 6.07) is 10.6. The van der Waals surface area contributed by atoms with E-state index >= 15 is 0 Å². The van der Waals surface area contributed by atoms with Crippen LogP contribution in [0.1, 0.15) is 5.56 Å². The Balaban J connectivity index is 2.71. The fourth-order valence-corrected chi connectivity index (χ4v) is 1.77. The largest absolute Gasteiger partial charge is 0.383 e. The molecule has 1 rings (SSSR count). The van der Waals surface area contributed by atoms with Gasteiger partial charge in [-0.05, 0) is 37.9 Å². The van der Waals surface area contributed by atoms with Crippen molar-refractivity contribution in [2.24, 2.45) is 0 Å². The third kappa shape index (κ3) is 4.99. The zero-order valence-corrected chi connectivity index (χ0v) is 10.8. The lowest BCUT2D eigenvalue weighted by Crippen LogP contribution is -2.18. The van der Waals surface area contributed by atoms with E-state index in [9.17, 15) is 0 Å². The van der Waals surface area contributed by atoms with Crippen LogP contribution in [0.4, 0.5) is 0 Å². The molecule has 0 N–H and O–H groups in total. The molecule has 0 fully saturated rings. The first kappa shape index (κ1) is 12.8. The van der Waals surface area contributed by atoms with Gasteiger partial charge < -0.3 is 9.80 Å². The van der Waals surface area contributed by atoms with Gasteiger partial charge in [0.25, 0.3) is 0 Å². The summed E-state index contributed by atoms with van der Waals surface area (Å²) in [7, 11) is 8.35. The normalized spacial score (nSPS) is 11.9. The van der Waals surface area contributed by atoms with Crippen LogP contribution in [-0.2, 0) is 6.42 Å². The minimum atomic E-state index is 1.01. The maximum Gasteiger partial charge on any atom is 0.0207 e. The Morgan fingerprint density at radius 1 is 1.06 bits per heavy atom. The monoisotopic (exact) mass is 218 g/mol. The smallest absolute Gasteiger partial charge is 0.0207 e. The second kappa shape index (κ2) is 6.33. The van der Waals surface area contributed by atoms with Crippen molar-refractivity contribution in [3.05, 3.63) is 47.7 Å². The first-order valence-corrected chi connectivity index (χ1v) is 5.62. The lowest BCUT2D eigenvalue weighted by Gasteiger charge is -2.16.